The van der Waals surface area contributed by atoms with Crippen LogP contribution in [0.3, 0.4) is 0 Å². The van der Waals surface area contributed by atoms with Crippen molar-refractivity contribution in [3.63, 3.8) is 0 Å². The van der Waals surface area contributed by atoms with Crippen LogP contribution in [0.4, 0.5) is 26.3 Å². The van der Waals surface area contributed by atoms with E-state index in [-0.39, 0.29) is 0 Å². The van der Waals surface area contributed by atoms with E-state index in [9.17, 15) is 39.3 Å². The van der Waals surface area contributed by atoms with Crippen LogP contribution in [-0.4, -0.2) is 29.4 Å². The van der Waals surface area contributed by atoms with Crippen LogP contribution in [0.2, 0.25) is 0 Å². The Morgan fingerprint density at radius 3 is 1.43 bits per heavy atom. The van der Waals surface area contributed by atoms with E-state index in [2.05, 4.69) is 0 Å². The maximum absolute atomic E-state index is 12.2. The van der Waals surface area contributed by atoms with Gasteiger partial charge in [0.2, 0.25) is 0 Å². The average molecular weight is 262 g/mol. The highest BCUT2D eigenvalue weighted by Crippen LogP contribution is 2.60. The summed E-state index contributed by atoms with van der Waals surface area (Å²) in [4.78, 5) is 0. The van der Waals surface area contributed by atoms with Gasteiger partial charge in [-0.1, -0.05) is 0 Å². The highest BCUT2D eigenvalue weighted by atomic mass is 33.2. The summed E-state index contributed by atoms with van der Waals surface area (Å²) in [5.41, 5.74) is 0. The Morgan fingerprint density at radius 2 is 1.36 bits per heavy atom. The lowest BCUT2D eigenvalue weighted by atomic mass is 10.3. The lowest BCUT2D eigenvalue weighted by molar-refractivity contribution is -0.236. The van der Waals surface area contributed by atoms with Gasteiger partial charge in [-0.2, -0.15) is 26.0 Å². The van der Waals surface area contributed by atoms with Gasteiger partial charge in [-0.25, -0.2) is 0 Å². The minimum atomic E-state index is -6.38. The molecule has 1 fully saturated rings. The van der Waals surface area contributed by atoms with E-state index in [0.29, 0.717) is 0 Å². The fourth-order valence-corrected chi connectivity index (χ4v) is 4.00. The Balaban J connectivity index is 3.55. The fourth-order valence-electron chi connectivity index (χ4n) is 0.664. The summed E-state index contributed by atoms with van der Waals surface area (Å²) in [6, 6.07) is 0. The zero-order chi connectivity index (χ0) is 11.6. The first kappa shape index (κ1) is 11.9. The molecular formula is C3F6O3S2. The van der Waals surface area contributed by atoms with Crippen molar-refractivity contribution in [2.45, 2.75) is 16.4 Å². The van der Waals surface area contributed by atoms with Gasteiger partial charge in [0, 0.05) is 0 Å². The first-order chi connectivity index (χ1) is 5.90. The van der Waals surface area contributed by atoms with E-state index in [1.807, 2.05) is 0 Å². The third kappa shape index (κ3) is 0.922. The van der Waals surface area contributed by atoms with Crippen LogP contribution >= 0.6 is 0 Å². The van der Waals surface area contributed by atoms with Gasteiger partial charge in [0.05, 0.1) is 0 Å². The second-order valence-electron chi connectivity index (χ2n) is 2.30. The Bertz CT molecular complexity index is 361. The largest absolute Gasteiger partial charge is 0.596 e. The Labute approximate surface area is 75.6 Å². The molecule has 1 rings (SSSR count). The molecule has 0 spiro atoms. The summed E-state index contributed by atoms with van der Waals surface area (Å²) in [6.45, 7) is 0. The Kier molecular flexibility index (Phi) is 2.13. The molecule has 0 aromatic carbocycles. The minimum Gasteiger partial charge on any atom is -0.596 e. The highest BCUT2D eigenvalue weighted by molar-refractivity contribution is 8.68. The topological polar surface area (TPSA) is 57.2 Å². The maximum Gasteiger partial charge on any atom is 0.496 e. The number of rotatable bonds is 0. The smallest absolute Gasteiger partial charge is 0.496 e. The van der Waals surface area contributed by atoms with E-state index >= 15 is 0 Å². The Hall–Kier alpha value is -0.160. The molecule has 3 nitrogen and oxygen atoms in total. The van der Waals surface area contributed by atoms with Crippen LogP contribution in [0, 0.1) is 0 Å². The van der Waals surface area contributed by atoms with Crippen molar-refractivity contribution in [3.05, 3.63) is 0 Å². The molecule has 1 saturated heterocycles. The van der Waals surface area contributed by atoms with Crippen molar-refractivity contribution >= 4 is 19.1 Å². The van der Waals surface area contributed by atoms with Crippen LogP contribution in [0.25, 0.3) is 0 Å². The molecule has 1 aliphatic heterocycles. The quantitative estimate of drug-likeness (QED) is 0.370. The lowest BCUT2D eigenvalue weighted by Gasteiger charge is -2.15. The van der Waals surface area contributed by atoms with Crippen molar-refractivity contribution in [2.75, 3.05) is 0 Å². The van der Waals surface area contributed by atoms with E-state index < -0.39 is 35.5 Å². The predicted octanol–water partition coefficient (Wildman–Crippen LogP) is 0.899. The number of alkyl halides is 6. The number of halogens is 6. The van der Waals surface area contributed by atoms with E-state index in [1.165, 1.54) is 0 Å². The first-order valence-corrected chi connectivity index (χ1v) is 5.86. The number of hydrogen-bond acceptors (Lipinski definition) is 3. The SMILES string of the molecule is O=S1(=O)[S+]([O-])C(F)(F)C(F)(F)C1(F)F. The minimum absolute atomic E-state index is 4.64. The summed E-state index contributed by atoms with van der Waals surface area (Å²) >= 11 is 0. The lowest BCUT2D eigenvalue weighted by Crippen LogP contribution is -2.48. The summed E-state index contributed by atoms with van der Waals surface area (Å²) in [6.07, 6.45) is 0. The van der Waals surface area contributed by atoms with Gasteiger partial charge in [0.25, 0.3) is 0 Å². The monoisotopic (exact) mass is 262 g/mol. The van der Waals surface area contributed by atoms with E-state index in [4.69, 9.17) is 0 Å². The molecule has 14 heavy (non-hydrogen) atoms. The molecule has 0 aromatic heterocycles. The summed E-state index contributed by atoms with van der Waals surface area (Å²) < 4.78 is 104. The van der Waals surface area contributed by atoms with Crippen LogP contribution in [0.5, 0.6) is 0 Å². The molecule has 1 heterocycles. The maximum atomic E-state index is 12.2. The molecule has 0 N–H and O–H groups in total. The molecule has 1 unspecified atom stereocenters. The molecule has 0 aromatic rings. The van der Waals surface area contributed by atoms with Gasteiger partial charge in [-0.15, -0.1) is 8.78 Å². The molecule has 11 heteroatoms. The second-order valence-corrected chi connectivity index (χ2v) is 6.92. The van der Waals surface area contributed by atoms with Crippen molar-refractivity contribution < 1.29 is 39.3 Å². The van der Waals surface area contributed by atoms with Gasteiger partial charge in [-0.05, 0) is 0 Å². The molecule has 1 aliphatic rings. The second kappa shape index (κ2) is 2.50. The van der Waals surface area contributed by atoms with Crippen LogP contribution in [0.1, 0.15) is 0 Å². The summed E-state index contributed by atoms with van der Waals surface area (Å²) in [5, 5.41) is -11.8. The first-order valence-electron chi connectivity index (χ1n) is 2.71. The normalized spacial score (nSPS) is 36.9. The predicted molar refractivity (Wildman–Crippen MR) is 31.9 cm³/mol. The third-order valence-electron chi connectivity index (χ3n) is 1.45. The molecule has 1 atom stereocenters. The van der Waals surface area contributed by atoms with Gasteiger partial charge < -0.3 is 4.55 Å². The van der Waals surface area contributed by atoms with Crippen molar-refractivity contribution in [2.24, 2.45) is 0 Å². The molecule has 0 amide bonds. The average Bonchev–Trinajstić information content (AvgIpc) is 2.05. The van der Waals surface area contributed by atoms with E-state index in [1.54, 1.807) is 0 Å². The van der Waals surface area contributed by atoms with Gasteiger partial charge >= 0.3 is 25.3 Å². The highest BCUT2D eigenvalue weighted by Gasteiger charge is 2.95. The summed E-state index contributed by atoms with van der Waals surface area (Å²) in [5.74, 6) is -6.16. The van der Waals surface area contributed by atoms with Crippen LogP contribution in [-0.2, 0) is 19.1 Å². The molecule has 84 valence electrons. The van der Waals surface area contributed by atoms with Crippen molar-refractivity contribution in [1.82, 2.24) is 0 Å². The summed E-state index contributed by atoms with van der Waals surface area (Å²) in [7, 11) is -11.0. The molecule has 0 saturated carbocycles. The number of hydrogen-bond donors (Lipinski definition) is 0. The zero-order valence-corrected chi connectivity index (χ0v) is 7.44. The standard InChI is InChI=1S/C3F6O3S2/c4-1(5)2(6,7)13(10)14(11,12)3(1,8)9. The van der Waals surface area contributed by atoms with Crippen molar-refractivity contribution in [1.29, 1.82) is 0 Å². The molecule has 0 radical (unpaired) electrons. The third-order valence-corrected chi connectivity index (χ3v) is 5.86. The molecule has 0 aliphatic carbocycles. The molecular weight excluding hydrogens is 262 g/mol. The molecule has 0 bridgehead atoms. The van der Waals surface area contributed by atoms with Gasteiger partial charge in [0.15, 0.2) is 10.2 Å². The zero-order valence-electron chi connectivity index (χ0n) is 5.81. The van der Waals surface area contributed by atoms with Crippen LogP contribution < -0.4 is 0 Å². The van der Waals surface area contributed by atoms with Gasteiger partial charge in [-0.3, -0.25) is 0 Å². The Morgan fingerprint density at radius 1 is 1.00 bits per heavy atom. The van der Waals surface area contributed by atoms with E-state index in [0.717, 1.165) is 0 Å². The van der Waals surface area contributed by atoms with Gasteiger partial charge in [0.1, 0.15) is 0 Å². The van der Waals surface area contributed by atoms with Crippen molar-refractivity contribution in [3.8, 4) is 0 Å². The fraction of sp³-hybridized carbons (Fsp3) is 1.00. The van der Waals surface area contributed by atoms with Crippen LogP contribution in [0.15, 0.2) is 0 Å².